The third kappa shape index (κ3) is 1.83. The summed E-state index contributed by atoms with van der Waals surface area (Å²) >= 11 is 0. The molecule has 0 aliphatic carbocycles. The van der Waals surface area contributed by atoms with Crippen LogP contribution in [0.4, 0.5) is 4.79 Å². The number of amides is 1. The van der Waals surface area contributed by atoms with Crippen LogP contribution >= 0.6 is 0 Å². The Morgan fingerprint density at radius 2 is 1.79 bits per heavy atom. The zero-order valence-electron chi connectivity index (χ0n) is 8.52. The highest BCUT2D eigenvalue weighted by Crippen LogP contribution is 2.14. The largest absolute Gasteiger partial charge is 0.465 e. The van der Waals surface area contributed by atoms with Crippen LogP contribution in [0, 0.1) is 0 Å². The van der Waals surface area contributed by atoms with Crippen molar-refractivity contribution in [3.8, 4) is 0 Å². The highest BCUT2D eigenvalue weighted by molar-refractivity contribution is 5.65. The molecule has 0 spiro atoms. The molecule has 0 aromatic carbocycles. The van der Waals surface area contributed by atoms with Gasteiger partial charge in [0.05, 0.1) is 0 Å². The minimum absolute atomic E-state index is 0.662. The van der Waals surface area contributed by atoms with Crippen molar-refractivity contribution in [2.45, 2.75) is 6.04 Å². The van der Waals surface area contributed by atoms with E-state index >= 15 is 0 Å². The quantitative estimate of drug-likeness (QED) is 0.624. The second-order valence-corrected chi connectivity index (χ2v) is 4.18. The van der Waals surface area contributed by atoms with Gasteiger partial charge >= 0.3 is 6.09 Å². The molecule has 2 rings (SSSR count). The number of likely N-dealkylation sites (tertiary alicyclic amines) is 1. The summed E-state index contributed by atoms with van der Waals surface area (Å²) in [5, 5.41) is 8.78. The smallest absolute Gasteiger partial charge is 0.407 e. The van der Waals surface area contributed by atoms with Crippen LogP contribution in [-0.2, 0) is 0 Å². The summed E-state index contributed by atoms with van der Waals surface area (Å²) in [6, 6.07) is 0.663. The molecule has 2 heterocycles. The van der Waals surface area contributed by atoms with E-state index in [1.165, 1.54) is 4.90 Å². The van der Waals surface area contributed by atoms with Crippen molar-refractivity contribution in [1.82, 2.24) is 14.7 Å². The van der Waals surface area contributed by atoms with Gasteiger partial charge in [0.15, 0.2) is 0 Å². The van der Waals surface area contributed by atoms with E-state index in [2.05, 4.69) is 16.8 Å². The Labute approximate surface area is 83.9 Å². The second kappa shape index (κ2) is 3.74. The Morgan fingerprint density at radius 3 is 2.21 bits per heavy atom. The second-order valence-electron chi connectivity index (χ2n) is 4.18. The lowest BCUT2D eigenvalue weighted by atomic mass is 10.1. The van der Waals surface area contributed by atoms with E-state index in [9.17, 15) is 4.79 Å². The van der Waals surface area contributed by atoms with E-state index in [0.717, 1.165) is 26.2 Å². The molecular formula is C9H17N3O2. The van der Waals surface area contributed by atoms with Crippen molar-refractivity contribution >= 4 is 6.09 Å². The van der Waals surface area contributed by atoms with Crippen LogP contribution in [0.1, 0.15) is 0 Å². The molecule has 2 aliphatic heterocycles. The third-order valence-electron chi connectivity index (χ3n) is 3.15. The van der Waals surface area contributed by atoms with Crippen molar-refractivity contribution in [2.24, 2.45) is 0 Å². The number of carbonyl (C=O) groups is 1. The van der Waals surface area contributed by atoms with Crippen molar-refractivity contribution in [1.29, 1.82) is 0 Å². The molecule has 5 nitrogen and oxygen atoms in total. The van der Waals surface area contributed by atoms with Gasteiger partial charge in [-0.15, -0.1) is 0 Å². The summed E-state index contributed by atoms with van der Waals surface area (Å²) in [6.07, 6.45) is -0.782. The number of nitrogens with zero attached hydrogens (tertiary/aromatic N) is 3. The maximum absolute atomic E-state index is 10.7. The van der Waals surface area contributed by atoms with Gasteiger partial charge in [0.1, 0.15) is 0 Å². The van der Waals surface area contributed by atoms with Gasteiger partial charge in [-0.05, 0) is 7.05 Å². The Hall–Kier alpha value is -0.810. The van der Waals surface area contributed by atoms with Gasteiger partial charge in [-0.25, -0.2) is 4.79 Å². The van der Waals surface area contributed by atoms with Crippen LogP contribution < -0.4 is 0 Å². The summed E-state index contributed by atoms with van der Waals surface area (Å²) in [5.74, 6) is 0. The Kier molecular flexibility index (Phi) is 2.60. The Bertz CT molecular complexity index is 220. The maximum Gasteiger partial charge on any atom is 0.407 e. The molecule has 0 unspecified atom stereocenters. The lowest BCUT2D eigenvalue weighted by Gasteiger charge is -2.46. The van der Waals surface area contributed by atoms with Crippen LogP contribution in [0.25, 0.3) is 0 Å². The predicted molar refractivity (Wildman–Crippen MR) is 52.5 cm³/mol. The first-order valence-electron chi connectivity index (χ1n) is 5.07. The summed E-state index contributed by atoms with van der Waals surface area (Å²) in [4.78, 5) is 16.9. The normalized spacial score (nSPS) is 26.2. The molecule has 2 fully saturated rings. The van der Waals surface area contributed by atoms with E-state index in [4.69, 9.17) is 5.11 Å². The van der Waals surface area contributed by atoms with Gasteiger partial charge < -0.3 is 14.9 Å². The van der Waals surface area contributed by atoms with E-state index in [0.29, 0.717) is 19.1 Å². The standard InChI is InChI=1S/C9H17N3O2/c1-10-6-8(7-10)11-2-4-12(5-3-11)9(13)14/h8H,2-7H2,1H3,(H,13,14). The number of likely N-dealkylation sites (N-methyl/N-ethyl adjacent to an activating group) is 1. The molecule has 0 aromatic heterocycles. The number of piperazine rings is 1. The monoisotopic (exact) mass is 199 g/mol. The highest BCUT2D eigenvalue weighted by Gasteiger charge is 2.31. The first-order chi connectivity index (χ1) is 6.66. The summed E-state index contributed by atoms with van der Waals surface area (Å²) in [5.41, 5.74) is 0. The molecule has 0 bridgehead atoms. The first kappa shape index (κ1) is 9.73. The van der Waals surface area contributed by atoms with Crippen molar-refractivity contribution in [2.75, 3.05) is 46.3 Å². The van der Waals surface area contributed by atoms with Crippen LogP contribution in [0.2, 0.25) is 0 Å². The van der Waals surface area contributed by atoms with Crippen molar-refractivity contribution in [3.63, 3.8) is 0 Å². The summed E-state index contributed by atoms with van der Waals surface area (Å²) < 4.78 is 0. The number of rotatable bonds is 1. The van der Waals surface area contributed by atoms with E-state index in [1.54, 1.807) is 0 Å². The molecule has 1 amide bonds. The molecule has 0 radical (unpaired) electrons. The first-order valence-corrected chi connectivity index (χ1v) is 5.07. The van der Waals surface area contributed by atoms with Crippen LogP contribution in [0.15, 0.2) is 0 Å². The fraction of sp³-hybridized carbons (Fsp3) is 0.889. The molecular weight excluding hydrogens is 182 g/mol. The van der Waals surface area contributed by atoms with Gasteiger partial charge in [-0.2, -0.15) is 0 Å². The lowest BCUT2D eigenvalue weighted by molar-refractivity contribution is 0.0198. The summed E-state index contributed by atoms with van der Waals surface area (Å²) in [6.45, 7) is 5.38. The molecule has 80 valence electrons. The van der Waals surface area contributed by atoms with Gasteiger partial charge in [-0.3, -0.25) is 4.90 Å². The number of hydrogen-bond donors (Lipinski definition) is 1. The van der Waals surface area contributed by atoms with Gasteiger partial charge in [-0.1, -0.05) is 0 Å². The van der Waals surface area contributed by atoms with Crippen LogP contribution in [-0.4, -0.2) is 78.3 Å². The molecule has 2 aliphatic rings. The lowest BCUT2D eigenvalue weighted by Crippen LogP contribution is -2.62. The molecule has 2 saturated heterocycles. The van der Waals surface area contributed by atoms with Crippen molar-refractivity contribution in [3.05, 3.63) is 0 Å². The van der Waals surface area contributed by atoms with Crippen molar-refractivity contribution < 1.29 is 9.90 Å². The average molecular weight is 199 g/mol. The van der Waals surface area contributed by atoms with E-state index < -0.39 is 6.09 Å². The summed E-state index contributed by atoms with van der Waals surface area (Å²) in [7, 11) is 2.12. The topological polar surface area (TPSA) is 47.0 Å². The molecule has 5 heteroatoms. The van der Waals surface area contributed by atoms with Crippen LogP contribution in [0.3, 0.4) is 0 Å². The minimum atomic E-state index is -0.782. The predicted octanol–water partition coefficient (Wildman–Crippen LogP) is -0.404. The maximum atomic E-state index is 10.7. The molecule has 0 atom stereocenters. The zero-order chi connectivity index (χ0) is 10.1. The van der Waals surface area contributed by atoms with Gasteiger partial charge in [0, 0.05) is 45.3 Å². The van der Waals surface area contributed by atoms with Gasteiger partial charge in [0.2, 0.25) is 0 Å². The molecule has 0 saturated carbocycles. The number of hydrogen-bond acceptors (Lipinski definition) is 3. The highest BCUT2D eigenvalue weighted by atomic mass is 16.4. The fourth-order valence-corrected chi connectivity index (χ4v) is 2.18. The molecule has 1 N–H and O–H groups in total. The molecule has 0 aromatic rings. The zero-order valence-corrected chi connectivity index (χ0v) is 8.52. The van der Waals surface area contributed by atoms with E-state index in [1.807, 2.05) is 0 Å². The minimum Gasteiger partial charge on any atom is -0.465 e. The third-order valence-corrected chi connectivity index (χ3v) is 3.15. The van der Waals surface area contributed by atoms with Gasteiger partial charge in [0.25, 0.3) is 0 Å². The molecule has 14 heavy (non-hydrogen) atoms. The average Bonchev–Trinajstić information content (AvgIpc) is 2.13. The Morgan fingerprint density at radius 1 is 1.21 bits per heavy atom. The SMILES string of the molecule is CN1CC(N2CCN(C(=O)O)CC2)C1. The fourth-order valence-electron chi connectivity index (χ4n) is 2.18. The number of carboxylic acid groups (broad SMARTS) is 1. The van der Waals surface area contributed by atoms with E-state index in [-0.39, 0.29) is 0 Å². The van der Waals surface area contributed by atoms with Crippen LogP contribution in [0.5, 0.6) is 0 Å². The Balaban J connectivity index is 1.76.